The van der Waals surface area contributed by atoms with Crippen molar-refractivity contribution >= 4 is 5.82 Å². The molecule has 1 aliphatic rings. The summed E-state index contributed by atoms with van der Waals surface area (Å²) >= 11 is 0. The van der Waals surface area contributed by atoms with Crippen LogP contribution in [0, 0.1) is 13.6 Å². The highest BCUT2D eigenvalue weighted by Crippen LogP contribution is 2.21. The molecule has 1 aromatic heterocycles. The lowest BCUT2D eigenvalue weighted by Gasteiger charge is -2.21. The van der Waals surface area contributed by atoms with Crippen LogP contribution in [0.25, 0.3) is 0 Å². The van der Waals surface area contributed by atoms with Gasteiger partial charge in [-0.2, -0.15) is 0 Å². The van der Waals surface area contributed by atoms with Gasteiger partial charge in [-0.1, -0.05) is 0 Å². The highest BCUT2D eigenvalue weighted by molar-refractivity contribution is 5.47. The lowest BCUT2D eigenvalue weighted by atomic mass is 10.3. The lowest BCUT2D eigenvalue weighted by Crippen LogP contribution is -2.25. The molecule has 2 heterocycles. The predicted molar refractivity (Wildman–Crippen MR) is 60.8 cm³/mol. The molecule has 0 aromatic carbocycles. The third kappa shape index (κ3) is 2.12. The highest BCUT2D eigenvalue weighted by atomic mass is 15.4. The van der Waals surface area contributed by atoms with Crippen LogP contribution in [-0.2, 0) is 0 Å². The second-order valence-electron chi connectivity index (χ2n) is 3.96. The minimum Gasteiger partial charge on any atom is -0.343 e. The Labute approximate surface area is 91.0 Å². The van der Waals surface area contributed by atoms with Gasteiger partial charge in [0.05, 0.1) is 0 Å². The average Bonchev–Trinajstić information content (AvgIpc) is 2.66. The predicted octanol–water partition coefficient (Wildman–Crippen LogP) is 2.39. The van der Waals surface area contributed by atoms with Crippen LogP contribution in [0.4, 0.5) is 5.82 Å². The molecule has 78 valence electrons. The van der Waals surface area contributed by atoms with E-state index in [0.717, 1.165) is 5.82 Å². The average molecular weight is 201 g/mol. The molecule has 0 saturated carbocycles. The smallest absolute Gasteiger partial charge is 0.214 e. The number of pyridine rings is 1. The van der Waals surface area contributed by atoms with Crippen LogP contribution in [0.1, 0.15) is 19.4 Å². The maximum atomic E-state index is 4.30. The summed E-state index contributed by atoms with van der Waals surface area (Å²) in [6.07, 6.45) is 5.80. The van der Waals surface area contributed by atoms with Gasteiger partial charge in [0, 0.05) is 24.6 Å². The number of nitrogens with zero attached hydrogens (tertiary/aromatic N) is 3. The minimum absolute atomic E-state index is 0.427. The van der Waals surface area contributed by atoms with Gasteiger partial charge in [0.1, 0.15) is 5.82 Å². The topological polar surface area (TPSA) is 19.4 Å². The number of hydrogen-bond donors (Lipinski definition) is 0. The first-order valence-corrected chi connectivity index (χ1v) is 5.11. The SMILES string of the molecule is Cc1ccnc(N2[C]N(C(C)C)C=C2)c1. The molecule has 0 saturated heterocycles. The Balaban J connectivity index is 2.12. The zero-order valence-electron chi connectivity index (χ0n) is 9.31. The second kappa shape index (κ2) is 3.93. The highest BCUT2D eigenvalue weighted by Gasteiger charge is 2.18. The second-order valence-corrected chi connectivity index (χ2v) is 3.96. The number of aromatic nitrogens is 1. The van der Waals surface area contributed by atoms with Gasteiger partial charge in [-0.15, -0.1) is 0 Å². The third-order valence-electron chi connectivity index (χ3n) is 2.30. The van der Waals surface area contributed by atoms with Gasteiger partial charge < -0.3 is 4.90 Å². The van der Waals surface area contributed by atoms with E-state index in [4.69, 9.17) is 0 Å². The van der Waals surface area contributed by atoms with E-state index in [9.17, 15) is 0 Å². The quantitative estimate of drug-likeness (QED) is 0.732. The Kier molecular flexibility index (Phi) is 2.62. The summed E-state index contributed by atoms with van der Waals surface area (Å²) in [5.74, 6) is 0.911. The van der Waals surface area contributed by atoms with Crippen LogP contribution in [0.2, 0.25) is 0 Å². The van der Waals surface area contributed by atoms with Gasteiger partial charge in [-0.05, 0) is 38.5 Å². The molecule has 0 atom stereocenters. The number of hydrogen-bond acceptors (Lipinski definition) is 3. The molecule has 0 unspecified atom stereocenters. The zero-order valence-corrected chi connectivity index (χ0v) is 9.31. The fourth-order valence-electron chi connectivity index (χ4n) is 1.40. The van der Waals surface area contributed by atoms with Crippen molar-refractivity contribution in [2.75, 3.05) is 4.90 Å². The Bertz CT molecular complexity index is 371. The molecule has 3 nitrogen and oxygen atoms in total. The van der Waals surface area contributed by atoms with E-state index in [1.807, 2.05) is 40.5 Å². The molecular weight excluding hydrogens is 186 g/mol. The largest absolute Gasteiger partial charge is 0.343 e. The first kappa shape index (κ1) is 10.0. The van der Waals surface area contributed by atoms with Crippen molar-refractivity contribution in [3.8, 4) is 0 Å². The first-order valence-electron chi connectivity index (χ1n) is 5.11. The molecule has 0 amide bonds. The summed E-state index contributed by atoms with van der Waals surface area (Å²) in [5.41, 5.74) is 1.21. The van der Waals surface area contributed by atoms with Crippen LogP contribution < -0.4 is 4.90 Å². The summed E-state index contributed by atoms with van der Waals surface area (Å²) in [6, 6.07) is 4.46. The van der Waals surface area contributed by atoms with Gasteiger partial charge in [0.15, 0.2) is 0 Å². The summed E-state index contributed by atoms with van der Waals surface area (Å²) in [4.78, 5) is 8.24. The van der Waals surface area contributed by atoms with Gasteiger partial charge in [-0.25, -0.2) is 4.98 Å². The van der Waals surface area contributed by atoms with Crippen LogP contribution in [-0.4, -0.2) is 15.9 Å². The summed E-state index contributed by atoms with van der Waals surface area (Å²) in [6.45, 7) is 9.55. The molecule has 2 radical (unpaired) electrons. The standard InChI is InChI=1S/C12H15N3/c1-10(2)14-6-7-15(9-14)12-8-11(3)4-5-13-12/h4-8,10H,1-3H3. The van der Waals surface area contributed by atoms with Crippen molar-refractivity contribution in [2.24, 2.45) is 0 Å². The fourth-order valence-corrected chi connectivity index (χ4v) is 1.40. The monoisotopic (exact) mass is 201 g/mol. The van der Waals surface area contributed by atoms with Crippen molar-refractivity contribution in [2.45, 2.75) is 26.8 Å². The molecule has 15 heavy (non-hydrogen) atoms. The molecule has 0 bridgehead atoms. The molecule has 0 spiro atoms. The van der Waals surface area contributed by atoms with Crippen LogP contribution in [0.5, 0.6) is 0 Å². The van der Waals surface area contributed by atoms with Crippen LogP contribution >= 0.6 is 0 Å². The normalized spacial score (nSPS) is 15.5. The molecule has 0 N–H and O–H groups in total. The molecule has 1 aromatic rings. The van der Waals surface area contributed by atoms with Crippen molar-refractivity contribution in [3.63, 3.8) is 0 Å². The zero-order chi connectivity index (χ0) is 10.8. The first-order chi connectivity index (χ1) is 7.16. The fraction of sp³-hybridized carbons (Fsp3) is 0.333. The van der Waals surface area contributed by atoms with E-state index in [-0.39, 0.29) is 0 Å². The molecule has 1 aliphatic heterocycles. The van der Waals surface area contributed by atoms with Crippen LogP contribution in [0.15, 0.2) is 30.7 Å². The minimum atomic E-state index is 0.427. The van der Waals surface area contributed by atoms with Crippen molar-refractivity contribution < 1.29 is 0 Å². The molecular formula is C12H15N3. The maximum absolute atomic E-state index is 4.30. The molecule has 2 rings (SSSR count). The summed E-state index contributed by atoms with van der Waals surface area (Å²) in [5, 5.41) is 0. The van der Waals surface area contributed by atoms with Crippen molar-refractivity contribution in [1.82, 2.24) is 9.88 Å². The Hall–Kier alpha value is -1.51. The van der Waals surface area contributed by atoms with Gasteiger partial charge >= 0.3 is 0 Å². The van der Waals surface area contributed by atoms with E-state index in [0.29, 0.717) is 6.04 Å². The van der Waals surface area contributed by atoms with Crippen molar-refractivity contribution in [3.05, 3.63) is 43.0 Å². The van der Waals surface area contributed by atoms with E-state index in [1.54, 1.807) is 0 Å². The third-order valence-corrected chi connectivity index (χ3v) is 2.30. The lowest BCUT2D eigenvalue weighted by molar-refractivity contribution is 0.386. The maximum Gasteiger partial charge on any atom is 0.214 e. The summed E-state index contributed by atoms with van der Waals surface area (Å²) in [7, 11) is 0. The molecule has 3 heteroatoms. The Morgan fingerprint density at radius 2 is 2.13 bits per heavy atom. The van der Waals surface area contributed by atoms with E-state index >= 15 is 0 Å². The molecule has 0 fully saturated rings. The Morgan fingerprint density at radius 3 is 2.73 bits per heavy atom. The molecule has 0 aliphatic carbocycles. The van der Waals surface area contributed by atoms with Gasteiger partial charge in [0.2, 0.25) is 6.67 Å². The van der Waals surface area contributed by atoms with E-state index in [1.165, 1.54) is 5.56 Å². The van der Waals surface area contributed by atoms with Crippen LogP contribution in [0.3, 0.4) is 0 Å². The summed E-state index contributed by atoms with van der Waals surface area (Å²) < 4.78 is 0. The van der Waals surface area contributed by atoms with E-state index < -0.39 is 0 Å². The van der Waals surface area contributed by atoms with E-state index in [2.05, 4.69) is 32.4 Å². The van der Waals surface area contributed by atoms with Crippen molar-refractivity contribution in [1.29, 1.82) is 0 Å². The Morgan fingerprint density at radius 1 is 1.33 bits per heavy atom. The number of aryl methyl sites for hydroxylation is 1. The van der Waals surface area contributed by atoms with Gasteiger partial charge in [-0.3, -0.25) is 4.90 Å². The van der Waals surface area contributed by atoms with Gasteiger partial charge in [0.25, 0.3) is 0 Å². The number of anilines is 1. The number of rotatable bonds is 2.